The predicted molar refractivity (Wildman–Crippen MR) is 125 cm³/mol. The van der Waals surface area contributed by atoms with Crippen molar-refractivity contribution in [3.63, 3.8) is 0 Å². The highest BCUT2D eigenvalue weighted by molar-refractivity contribution is 6.05. The van der Waals surface area contributed by atoms with Crippen molar-refractivity contribution in [3.05, 3.63) is 65.9 Å². The molecule has 2 fully saturated rings. The Kier molecular flexibility index (Phi) is 5.37. The third-order valence-electron chi connectivity index (χ3n) is 5.89. The molecule has 2 aromatic heterocycles. The first-order valence-corrected chi connectivity index (χ1v) is 11.0. The van der Waals surface area contributed by atoms with Crippen molar-refractivity contribution in [2.24, 2.45) is 0 Å². The standard InChI is InChI=1S/C24H25N7O2/c1-33-21-10-7-16(11-20(21)30-12-19(27-14-30)15-5-6-15)24(32)29-22-4-2-3-18(28-22)23(26)31(13-25)17-8-9-17/h2-4,7,10-15,17,25-26H,5-6,8-9H2,1H3,(H,28,29,32). The fourth-order valence-electron chi connectivity index (χ4n) is 3.75. The van der Waals surface area contributed by atoms with Gasteiger partial charge in [0.1, 0.15) is 17.3 Å². The minimum Gasteiger partial charge on any atom is -0.495 e. The van der Waals surface area contributed by atoms with Gasteiger partial charge < -0.3 is 19.5 Å². The van der Waals surface area contributed by atoms with Crippen LogP contribution in [0.3, 0.4) is 0 Å². The van der Waals surface area contributed by atoms with Crippen LogP contribution in [0, 0.1) is 10.8 Å². The summed E-state index contributed by atoms with van der Waals surface area (Å²) in [6.45, 7) is 0. The second-order valence-corrected chi connectivity index (χ2v) is 8.35. The molecule has 3 N–H and O–H groups in total. The Bertz CT molecular complexity index is 1230. The molecule has 0 atom stereocenters. The number of carbonyl (C=O) groups is 1. The number of amidine groups is 1. The molecule has 1 amide bonds. The molecule has 9 nitrogen and oxygen atoms in total. The van der Waals surface area contributed by atoms with E-state index in [0.29, 0.717) is 28.7 Å². The minimum atomic E-state index is -0.316. The number of imidazole rings is 1. The average Bonchev–Trinajstić information content (AvgIpc) is 3.78. The Morgan fingerprint density at radius 2 is 2.06 bits per heavy atom. The van der Waals surface area contributed by atoms with Gasteiger partial charge in [0.05, 0.1) is 31.2 Å². The summed E-state index contributed by atoms with van der Waals surface area (Å²) in [6, 6.07) is 10.6. The first-order chi connectivity index (χ1) is 16.1. The van der Waals surface area contributed by atoms with E-state index < -0.39 is 0 Å². The number of ether oxygens (including phenoxy) is 1. The van der Waals surface area contributed by atoms with Gasteiger partial charge in [0.25, 0.3) is 5.91 Å². The molecule has 3 aromatic rings. The molecule has 33 heavy (non-hydrogen) atoms. The van der Waals surface area contributed by atoms with Gasteiger partial charge in [-0.05, 0) is 56.0 Å². The molecule has 0 radical (unpaired) electrons. The summed E-state index contributed by atoms with van der Waals surface area (Å²) in [6.07, 6.45) is 9.16. The van der Waals surface area contributed by atoms with Gasteiger partial charge in [-0.15, -0.1) is 0 Å². The number of nitrogens with one attached hydrogen (secondary N) is 3. The summed E-state index contributed by atoms with van der Waals surface area (Å²) in [5, 5.41) is 18.8. The topological polar surface area (TPSA) is 120 Å². The quantitative estimate of drug-likeness (QED) is 0.361. The van der Waals surface area contributed by atoms with Gasteiger partial charge in [0, 0.05) is 23.7 Å². The van der Waals surface area contributed by atoms with E-state index in [9.17, 15) is 4.79 Å². The lowest BCUT2D eigenvalue weighted by Crippen LogP contribution is -2.32. The molecule has 2 saturated carbocycles. The lowest BCUT2D eigenvalue weighted by Gasteiger charge is -2.18. The van der Waals surface area contributed by atoms with Gasteiger partial charge in [0.2, 0.25) is 0 Å². The molecule has 0 bridgehead atoms. The molecule has 2 heterocycles. The molecule has 2 aliphatic rings. The van der Waals surface area contributed by atoms with E-state index in [0.717, 1.165) is 30.6 Å². The molecule has 9 heteroatoms. The Morgan fingerprint density at radius 3 is 2.76 bits per heavy atom. The van der Waals surface area contributed by atoms with Crippen molar-refractivity contribution < 1.29 is 9.53 Å². The maximum atomic E-state index is 13.0. The van der Waals surface area contributed by atoms with E-state index in [1.54, 1.807) is 54.7 Å². The van der Waals surface area contributed by atoms with Gasteiger partial charge in [0.15, 0.2) is 5.84 Å². The Balaban J connectivity index is 1.36. The number of methoxy groups -OCH3 is 1. The van der Waals surface area contributed by atoms with Crippen LogP contribution in [0.15, 0.2) is 48.9 Å². The monoisotopic (exact) mass is 443 g/mol. The number of aromatic nitrogens is 3. The van der Waals surface area contributed by atoms with Gasteiger partial charge in [-0.3, -0.25) is 15.6 Å². The number of benzene rings is 1. The number of hydrogen-bond acceptors (Lipinski definition) is 6. The van der Waals surface area contributed by atoms with E-state index in [1.807, 2.05) is 10.8 Å². The fraction of sp³-hybridized carbons (Fsp3) is 0.292. The summed E-state index contributed by atoms with van der Waals surface area (Å²) in [7, 11) is 1.60. The molecule has 2 aliphatic carbocycles. The van der Waals surface area contributed by atoms with Crippen LogP contribution >= 0.6 is 0 Å². The summed E-state index contributed by atoms with van der Waals surface area (Å²) in [4.78, 5) is 23.5. The first-order valence-electron chi connectivity index (χ1n) is 11.0. The van der Waals surface area contributed by atoms with Crippen LogP contribution < -0.4 is 10.1 Å². The summed E-state index contributed by atoms with van der Waals surface area (Å²) in [5.41, 5.74) is 2.65. The fourth-order valence-corrected chi connectivity index (χ4v) is 3.75. The van der Waals surface area contributed by atoms with Crippen LogP contribution in [0.2, 0.25) is 0 Å². The van der Waals surface area contributed by atoms with Gasteiger partial charge >= 0.3 is 0 Å². The highest BCUT2D eigenvalue weighted by Crippen LogP contribution is 2.39. The Labute approximate surface area is 191 Å². The van der Waals surface area contributed by atoms with E-state index in [2.05, 4.69) is 15.3 Å². The van der Waals surface area contributed by atoms with Crippen molar-refractivity contribution in [3.8, 4) is 11.4 Å². The van der Waals surface area contributed by atoms with Crippen LogP contribution in [-0.2, 0) is 0 Å². The Hall–Kier alpha value is -4.01. The number of pyridine rings is 1. The molecule has 168 valence electrons. The Morgan fingerprint density at radius 1 is 1.24 bits per heavy atom. The van der Waals surface area contributed by atoms with Gasteiger partial charge in [-0.2, -0.15) is 0 Å². The van der Waals surface area contributed by atoms with Crippen LogP contribution in [0.25, 0.3) is 5.69 Å². The molecule has 5 rings (SSSR count). The third-order valence-corrected chi connectivity index (χ3v) is 5.89. The van der Waals surface area contributed by atoms with Crippen molar-refractivity contribution in [2.75, 3.05) is 12.4 Å². The number of hydrogen-bond donors (Lipinski definition) is 3. The van der Waals surface area contributed by atoms with E-state index in [1.165, 1.54) is 12.8 Å². The minimum absolute atomic E-state index is 0.155. The number of anilines is 1. The third kappa shape index (κ3) is 4.34. The number of rotatable bonds is 8. The van der Waals surface area contributed by atoms with Crippen molar-refractivity contribution >= 4 is 23.9 Å². The molecule has 0 unspecified atom stereocenters. The molecule has 0 aliphatic heterocycles. The first kappa shape index (κ1) is 20.9. The normalized spacial score (nSPS) is 15.1. The predicted octanol–water partition coefficient (Wildman–Crippen LogP) is 3.80. The molecular weight excluding hydrogens is 418 g/mol. The summed E-state index contributed by atoms with van der Waals surface area (Å²) >= 11 is 0. The van der Waals surface area contributed by atoms with Gasteiger partial charge in [-0.1, -0.05) is 6.07 Å². The molecule has 0 spiro atoms. The molecule has 1 aromatic carbocycles. The van der Waals surface area contributed by atoms with Crippen molar-refractivity contribution in [2.45, 2.75) is 37.6 Å². The van der Waals surface area contributed by atoms with E-state index in [4.69, 9.17) is 15.6 Å². The lowest BCUT2D eigenvalue weighted by molar-refractivity contribution is 0.102. The maximum Gasteiger partial charge on any atom is 0.256 e. The number of nitrogens with zero attached hydrogens (tertiary/aromatic N) is 4. The zero-order chi connectivity index (χ0) is 22.9. The second-order valence-electron chi connectivity index (χ2n) is 8.35. The largest absolute Gasteiger partial charge is 0.495 e. The number of carbonyl (C=O) groups excluding carboxylic acids is 1. The van der Waals surface area contributed by atoms with E-state index >= 15 is 0 Å². The van der Waals surface area contributed by atoms with Crippen LogP contribution in [0.4, 0.5) is 5.82 Å². The maximum absolute atomic E-state index is 13.0. The van der Waals surface area contributed by atoms with Crippen LogP contribution in [-0.4, -0.2) is 50.7 Å². The summed E-state index contributed by atoms with van der Waals surface area (Å²) in [5.74, 6) is 1.36. The van der Waals surface area contributed by atoms with E-state index in [-0.39, 0.29) is 17.8 Å². The highest BCUT2D eigenvalue weighted by Gasteiger charge is 2.30. The molecule has 0 saturated heterocycles. The summed E-state index contributed by atoms with van der Waals surface area (Å²) < 4.78 is 7.38. The van der Waals surface area contributed by atoms with Crippen molar-refractivity contribution in [1.29, 1.82) is 10.8 Å². The second kappa shape index (κ2) is 8.50. The zero-order valence-corrected chi connectivity index (χ0v) is 18.3. The smallest absolute Gasteiger partial charge is 0.256 e. The van der Waals surface area contributed by atoms with Crippen LogP contribution in [0.1, 0.15) is 53.3 Å². The zero-order valence-electron chi connectivity index (χ0n) is 18.3. The van der Waals surface area contributed by atoms with Crippen molar-refractivity contribution in [1.82, 2.24) is 19.4 Å². The molecular formula is C24H25N7O2. The highest BCUT2D eigenvalue weighted by atomic mass is 16.5. The average molecular weight is 444 g/mol. The number of amides is 1. The van der Waals surface area contributed by atoms with Gasteiger partial charge in [-0.25, -0.2) is 9.97 Å². The van der Waals surface area contributed by atoms with Crippen LogP contribution in [0.5, 0.6) is 5.75 Å². The SMILES string of the molecule is COc1ccc(C(=O)Nc2cccc(C(=N)N(C=N)C3CC3)n2)cc1-n1cnc(C2CC2)c1. The lowest BCUT2D eigenvalue weighted by atomic mass is 10.1.